The minimum atomic E-state index is 0.847. The van der Waals surface area contributed by atoms with E-state index in [1.165, 1.54) is 16.6 Å². The molecule has 0 bridgehead atoms. The highest BCUT2D eigenvalue weighted by Crippen LogP contribution is 2.18. The van der Waals surface area contributed by atoms with Gasteiger partial charge in [0.15, 0.2) is 0 Å². The Morgan fingerprint density at radius 1 is 1.24 bits per heavy atom. The van der Waals surface area contributed by atoms with E-state index in [0.717, 1.165) is 12.2 Å². The zero-order chi connectivity index (χ0) is 11.7. The molecule has 0 saturated carbocycles. The van der Waals surface area contributed by atoms with Crippen molar-refractivity contribution in [2.24, 2.45) is 7.05 Å². The smallest absolute Gasteiger partial charge is 0.0553 e. The summed E-state index contributed by atoms with van der Waals surface area (Å²) in [6.45, 7) is 0.847. The van der Waals surface area contributed by atoms with Crippen LogP contribution in [0.15, 0.2) is 48.8 Å². The average molecular weight is 225 g/mol. The zero-order valence-electron chi connectivity index (χ0n) is 9.77. The summed E-state index contributed by atoms with van der Waals surface area (Å²) in [5.41, 5.74) is 3.60. The molecule has 0 atom stereocenters. The molecular formula is C14H15N3. The summed E-state index contributed by atoms with van der Waals surface area (Å²) in [6.07, 6.45) is 4.03. The van der Waals surface area contributed by atoms with E-state index in [0.29, 0.717) is 0 Å². The monoisotopic (exact) mass is 225 g/mol. The Kier molecular flexibility index (Phi) is 2.37. The third kappa shape index (κ3) is 1.91. The number of aromatic amines is 1. The number of anilines is 1. The van der Waals surface area contributed by atoms with Gasteiger partial charge in [0.05, 0.1) is 6.54 Å². The first-order chi connectivity index (χ1) is 8.33. The summed E-state index contributed by atoms with van der Waals surface area (Å²) in [6, 6.07) is 12.6. The van der Waals surface area contributed by atoms with E-state index in [9.17, 15) is 0 Å². The van der Waals surface area contributed by atoms with Crippen LogP contribution >= 0.6 is 0 Å². The Bertz CT molecular complexity index is 634. The van der Waals surface area contributed by atoms with Crippen molar-refractivity contribution in [3.63, 3.8) is 0 Å². The van der Waals surface area contributed by atoms with Crippen molar-refractivity contribution in [3.8, 4) is 0 Å². The molecule has 2 N–H and O–H groups in total. The number of hydrogen-bond acceptors (Lipinski definition) is 1. The summed E-state index contributed by atoms with van der Waals surface area (Å²) in [7, 11) is 2.06. The van der Waals surface area contributed by atoms with Crippen LogP contribution in [0.25, 0.3) is 10.9 Å². The quantitative estimate of drug-likeness (QED) is 0.705. The maximum absolute atomic E-state index is 3.44. The van der Waals surface area contributed by atoms with E-state index < -0.39 is 0 Å². The van der Waals surface area contributed by atoms with Crippen LogP contribution in [0.4, 0.5) is 5.69 Å². The summed E-state index contributed by atoms with van der Waals surface area (Å²) < 4.78 is 2.13. The molecule has 0 spiro atoms. The molecule has 2 aromatic heterocycles. The molecule has 2 heterocycles. The topological polar surface area (TPSA) is 32.8 Å². The van der Waals surface area contributed by atoms with Crippen molar-refractivity contribution in [3.05, 3.63) is 54.5 Å². The lowest BCUT2D eigenvalue weighted by Crippen LogP contribution is -2.03. The number of aryl methyl sites for hydroxylation is 1. The minimum absolute atomic E-state index is 0.847. The molecule has 0 saturated heterocycles. The van der Waals surface area contributed by atoms with Crippen LogP contribution in [0.5, 0.6) is 0 Å². The SMILES string of the molecule is Cn1cccc1CNc1ccc2[nH]ccc2c1. The van der Waals surface area contributed by atoms with Crippen LogP contribution in [-0.2, 0) is 13.6 Å². The van der Waals surface area contributed by atoms with Crippen molar-refractivity contribution >= 4 is 16.6 Å². The summed E-state index contributed by atoms with van der Waals surface area (Å²) in [5.74, 6) is 0. The van der Waals surface area contributed by atoms with E-state index in [-0.39, 0.29) is 0 Å². The first-order valence-corrected chi connectivity index (χ1v) is 5.74. The zero-order valence-corrected chi connectivity index (χ0v) is 9.77. The molecule has 3 nitrogen and oxygen atoms in total. The highest BCUT2D eigenvalue weighted by atomic mass is 15.0. The number of nitrogens with zero attached hydrogens (tertiary/aromatic N) is 1. The van der Waals surface area contributed by atoms with Gasteiger partial charge in [-0.1, -0.05) is 0 Å². The fourth-order valence-corrected chi connectivity index (χ4v) is 2.04. The second-order valence-corrected chi connectivity index (χ2v) is 4.24. The number of nitrogens with one attached hydrogen (secondary N) is 2. The molecule has 3 heteroatoms. The molecule has 0 aliphatic heterocycles. The second-order valence-electron chi connectivity index (χ2n) is 4.24. The number of hydrogen-bond donors (Lipinski definition) is 2. The first-order valence-electron chi connectivity index (χ1n) is 5.74. The van der Waals surface area contributed by atoms with Gasteiger partial charge in [-0.05, 0) is 36.4 Å². The van der Waals surface area contributed by atoms with Crippen molar-refractivity contribution < 1.29 is 0 Å². The van der Waals surface area contributed by atoms with Crippen molar-refractivity contribution in [1.29, 1.82) is 0 Å². The highest BCUT2D eigenvalue weighted by Gasteiger charge is 1.99. The Morgan fingerprint density at radius 3 is 3.00 bits per heavy atom. The molecular weight excluding hydrogens is 210 g/mol. The average Bonchev–Trinajstić information content (AvgIpc) is 2.94. The van der Waals surface area contributed by atoms with Crippen LogP contribution in [-0.4, -0.2) is 9.55 Å². The fraction of sp³-hybridized carbons (Fsp3) is 0.143. The van der Waals surface area contributed by atoms with Gasteiger partial charge in [0, 0.05) is 41.7 Å². The number of aromatic nitrogens is 2. The second kappa shape index (κ2) is 4.01. The Labute approximate surface area is 100 Å². The molecule has 0 fully saturated rings. The Balaban J connectivity index is 1.78. The highest BCUT2D eigenvalue weighted by molar-refractivity contribution is 5.82. The summed E-state index contributed by atoms with van der Waals surface area (Å²) >= 11 is 0. The van der Waals surface area contributed by atoms with Crippen LogP contribution < -0.4 is 5.32 Å². The van der Waals surface area contributed by atoms with Gasteiger partial charge in [-0.2, -0.15) is 0 Å². The van der Waals surface area contributed by atoms with E-state index in [1.54, 1.807) is 0 Å². The van der Waals surface area contributed by atoms with Crippen LogP contribution in [0.2, 0.25) is 0 Å². The lowest BCUT2D eigenvalue weighted by molar-refractivity contribution is 0.842. The molecule has 3 aromatic rings. The summed E-state index contributed by atoms with van der Waals surface area (Å²) in [4.78, 5) is 3.19. The van der Waals surface area contributed by atoms with Crippen molar-refractivity contribution in [1.82, 2.24) is 9.55 Å². The van der Waals surface area contributed by atoms with Gasteiger partial charge >= 0.3 is 0 Å². The van der Waals surface area contributed by atoms with E-state index in [2.05, 4.69) is 64.5 Å². The van der Waals surface area contributed by atoms with Crippen molar-refractivity contribution in [2.45, 2.75) is 6.54 Å². The van der Waals surface area contributed by atoms with Crippen molar-refractivity contribution in [2.75, 3.05) is 5.32 Å². The molecule has 0 aliphatic carbocycles. The minimum Gasteiger partial charge on any atom is -0.379 e. The Morgan fingerprint density at radius 2 is 2.18 bits per heavy atom. The number of fused-ring (bicyclic) bond motifs is 1. The molecule has 1 aromatic carbocycles. The predicted molar refractivity (Wildman–Crippen MR) is 71.0 cm³/mol. The van der Waals surface area contributed by atoms with E-state index in [4.69, 9.17) is 0 Å². The normalized spacial score (nSPS) is 10.9. The largest absolute Gasteiger partial charge is 0.379 e. The maximum Gasteiger partial charge on any atom is 0.0553 e. The fourth-order valence-electron chi connectivity index (χ4n) is 2.04. The molecule has 0 radical (unpaired) electrons. The van der Waals surface area contributed by atoms with E-state index >= 15 is 0 Å². The lowest BCUT2D eigenvalue weighted by atomic mass is 10.2. The number of benzene rings is 1. The van der Waals surface area contributed by atoms with Gasteiger partial charge in [-0.25, -0.2) is 0 Å². The molecule has 0 unspecified atom stereocenters. The van der Waals surface area contributed by atoms with Gasteiger partial charge in [-0.15, -0.1) is 0 Å². The molecule has 3 rings (SSSR count). The summed E-state index contributed by atoms with van der Waals surface area (Å²) in [5, 5.41) is 4.67. The number of rotatable bonds is 3. The first kappa shape index (κ1) is 10.0. The lowest BCUT2D eigenvalue weighted by Gasteiger charge is -2.07. The molecule has 0 amide bonds. The van der Waals surface area contributed by atoms with Gasteiger partial charge in [0.25, 0.3) is 0 Å². The van der Waals surface area contributed by atoms with Gasteiger partial charge in [0.2, 0.25) is 0 Å². The van der Waals surface area contributed by atoms with Gasteiger partial charge in [0.1, 0.15) is 0 Å². The van der Waals surface area contributed by atoms with Crippen LogP contribution in [0, 0.1) is 0 Å². The predicted octanol–water partition coefficient (Wildman–Crippen LogP) is 3.12. The van der Waals surface area contributed by atoms with E-state index in [1.807, 2.05) is 6.20 Å². The third-order valence-electron chi connectivity index (χ3n) is 3.08. The van der Waals surface area contributed by atoms with Gasteiger partial charge in [-0.3, -0.25) is 0 Å². The van der Waals surface area contributed by atoms with Crippen LogP contribution in [0.1, 0.15) is 5.69 Å². The standard InChI is InChI=1S/C14H15N3/c1-17-8-2-3-13(17)10-16-12-4-5-14-11(9-12)6-7-15-14/h2-9,15-16H,10H2,1H3. The van der Waals surface area contributed by atoms with Gasteiger partial charge < -0.3 is 14.9 Å². The molecule has 17 heavy (non-hydrogen) atoms. The maximum atomic E-state index is 3.44. The third-order valence-corrected chi connectivity index (χ3v) is 3.08. The molecule has 86 valence electrons. The Hall–Kier alpha value is -2.16. The molecule has 0 aliphatic rings. The number of H-pyrrole nitrogens is 1. The van der Waals surface area contributed by atoms with Crippen LogP contribution in [0.3, 0.4) is 0 Å².